The first kappa shape index (κ1) is 14.7. The van der Waals surface area contributed by atoms with Crippen LogP contribution in [-0.4, -0.2) is 20.6 Å². The van der Waals surface area contributed by atoms with Crippen LogP contribution in [0.1, 0.15) is 15.9 Å². The molecule has 0 fully saturated rings. The molecule has 1 aromatic heterocycles. The van der Waals surface area contributed by atoms with Gasteiger partial charge in [-0.1, -0.05) is 15.9 Å². The van der Waals surface area contributed by atoms with Gasteiger partial charge in [0.1, 0.15) is 17.5 Å². The summed E-state index contributed by atoms with van der Waals surface area (Å²) in [5.41, 5.74) is 0.0940. The summed E-state index contributed by atoms with van der Waals surface area (Å²) in [7, 11) is 1.57. The van der Waals surface area contributed by atoms with E-state index < -0.39 is 10.8 Å². The monoisotopic (exact) mass is 349 g/mol. The van der Waals surface area contributed by atoms with Gasteiger partial charge in [0.25, 0.3) is 11.6 Å². The third-order valence-corrected chi connectivity index (χ3v) is 3.10. The molecule has 0 unspecified atom stereocenters. The van der Waals surface area contributed by atoms with Gasteiger partial charge in [-0.3, -0.25) is 19.6 Å². The van der Waals surface area contributed by atoms with E-state index in [4.69, 9.17) is 5.26 Å². The van der Waals surface area contributed by atoms with Crippen molar-refractivity contribution in [1.82, 2.24) is 9.78 Å². The molecule has 0 radical (unpaired) electrons. The van der Waals surface area contributed by atoms with Crippen LogP contribution in [0, 0.1) is 21.4 Å². The summed E-state index contributed by atoms with van der Waals surface area (Å²) in [6, 6.07) is 5.80. The molecule has 0 spiro atoms. The first-order valence-corrected chi connectivity index (χ1v) is 6.40. The van der Waals surface area contributed by atoms with Gasteiger partial charge in [-0.2, -0.15) is 10.4 Å². The molecule has 0 aliphatic carbocycles. The van der Waals surface area contributed by atoms with E-state index in [1.165, 1.54) is 23.0 Å². The number of nitriles is 1. The van der Waals surface area contributed by atoms with Gasteiger partial charge in [0.15, 0.2) is 0 Å². The lowest BCUT2D eigenvalue weighted by atomic mass is 10.2. The van der Waals surface area contributed by atoms with Crippen molar-refractivity contribution in [1.29, 1.82) is 5.26 Å². The fourth-order valence-electron chi connectivity index (χ4n) is 1.66. The Morgan fingerprint density at radius 3 is 2.86 bits per heavy atom. The van der Waals surface area contributed by atoms with Crippen LogP contribution in [0.15, 0.2) is 28.9 Å². The molecule has 21 heavy (non-hydrogen) atoms. The highest BCUT2D eigenvalue weighted by Crippen LogP contribution is 2.22. The minimum absolute atomic E-state index is 0.0983. The molecule has 2 aromatic rings. The number of carbonyl (C=O) groups is 1. The van der Waals surface area contributed by atoms with Crippen molar-refractivity contribution in [2.75, 3.05) is 5.32 Å². The van der Waals surface area contributed by atoms with Crippen molar-refractivity contribution >= 4 is 33.3 Å². The third-order valence-electron chi connectivity index (χ3n) is 2.65. The number of non-ortho nitro benzene ring substituents is 1. The molecule has 1 amide bonds. The van der Waals surface area contributed by atoms with Crippen molar-refractivity contribution < 1.29 is 9.72 Å². The fraction of sp³-hybridized carbons (Fsp3) is 0.0833. The Labute approximate surface area is 127 Å². The van der Waals surface area contributed by atoms with Crippen molar-refractivity contribution in [3.8, 4) is 6.07 Å². The van der Waals surface area contributed by atoms with E-state index in [1.807, 2.05) is 6.07 Å². The maximum Gasteiger partial charge on any atom is 0.271 e. The number of hydrogen-bond donors (Lipinski definition) is 1. The first-order chi connectivity index (χ1) is 9.92. The molecule has 8 nitrogen and oxygen atoms in total. The molecule has 106 valence electrons. The molecule has 0 saturated carbocycles. The second-order valence-corrected chi connectivity index (χ2v) is 4.97. The zero-order valence-corrected chi connectivity index (χ0v) is 12.3. The van der Waals surface area contributed by atoms with E-state index in [1.54, 1.807) is 7.05 Å². The number of rotatable bonds is 3. The first-order valence-electron chi connectivity index (χ1n) is 5.61. The zero-order valence-electron chi connectivity index (χ0n) is 10.7. The van der Waals surface area contributed by atoms with Gasteiger partial charge in [0, 0.05) is 29.2 Å². The number of amides is 1. The smallest absolute Gasteiger partial charge is 0.271 e. The molecule has 9 heteroatoms. The van der Waals surface area contributed by atoms with Gasteiger partial charge in [0.05, 0.1) is 11.1 Å². The van der Waals surface area contributed by atoms with E-state index in [9.17, 15) is 14.9 Å². The third kappa shape index (κ3) is 3.06. The highest BCUT2D eigenvalue weighted by molar-refractivity contribution is 9.10. The topological polar surface area (TPSA) is 114 Å². The molecular weight excluding hydrogens is 342 g/mol. The number of nitro groups is 1. The number of carbonyl (C=O) groups excluding carboxylic acids is 1. The molecule has 1 heterocycles. The standard InChI is InChI=1S/C12H8BrN5O3/c1-17-11(8(5-14)6-15-17)16-12(19)7-2-9(13)4-10(3-7)18(20)21/h2-4,6H,1H3,(H,16,19). The van der Waals surface area contributed by atoms with Crippen LogP contribution in [0.5, 0.6) is 0 Å². The van der Waals surface area contributed by atoms with Crippen LogP contribution in [-0.2, 0) is 7.05 Å². The Bertz CT molecular complexity index is 778. The van der Waals surface area contributed by atoms with Crippen LogP contribution in [0.4, 0.5) is 11.5 Å². The van der Waals surface area contributed by atoms with Crippen LogP contribution < -0.4 is 5.32 Å². The van der Waals surface area contributed by atoms with E-state index in [0.717, 1.165) is 6.07 Å². The number of nitro benzene ring substituents is 1. The lowest BCUT2D eigenvalue weighted by Crippen LogP contribution is -2.15. The SMILES string of the molecule is Cn1ncc(C#N)c1NC(=O)c1cc(Br)cc([N+](=O)[O-])c1. The highest BCUT2D eigenvalue weighted by Gasteiger charge is 2.17. The number of hydrogen-bond acceptors (Lipinski definition) is 5. The number of benzene rings is 1. The normalized spacial score (nSPS) is 9.95. The Morgan fingerprint density at radius 1 is 1.52 bits per heavy atom. The predicted molar refractivity (Wildman–Crippen MR) is 76.7 cm³/mol. The van der Waals surface area contributed by atoms with Gasteiger partial charge in [-0.15, -0.1) is 0 Å². The highest BCUT2D eigenvalue weighted by atomic mass is 79.9. The molecule has 2 rings (SSSR count). The van der Waals surface area contributed by atoms with Gasteiger partial charge < -0.3 is 5.32 Å². The number of halogens is 1. The fourth-order valence-corrected chi connectivity index (χ4v) is 2.14. The average molecular weight is 350 g/mol. The molecule has 0 aliphatic heterocycles. The van der Waals surface area contributed by atoms with E-state index >= 15 is 0 Å². The predicted octanol–water partition coefficient (Wildman–Crippen LogP) is 2.21. The molecule has 1 aromatic carbocycles. The number of nitrogens with one attached hydrogen (secondary N) is 1. The van der Waals surface area contributed by atoms with Crippen molar-refractivity contribution in [3.63, 3.8) is 0 Å². The van der Waals surface area contributed by atoms with Crippen LogP contribution >= 0.6 is 15.9 Å². The Hall–Kier alpha value is -2.73. The van der Waals surface area contributed by atoms with E-state index in [-0.39, 0.29) is 22.6 Å². The van der Waals surface area contributed by atoms with Crippen LogP contribution in [0.2, 0.25) is 0 Å². The molecule has 0 bridgehead atoms. The second kappa shape index (κ2) is 5.72. The number of aromatic nitrogens is 2. The summed E-state index contributed by atoms with van der Waals surface area (Å²) >= 11 is 3.12. The lowest BCUT2D eigenvalue weighted by Gasteiger charge is -2.06. The van der Waals surface area contributed by atoms with E-state index in [2.05, 4.69) is 26.3 Å². The van der Waals surface area contributed by atoms with Crippen molar-refractivity contribution in [2.45, 2.75) is 0 Å². The molecule has 0 saturated heterocycles. The van der Waals surface area contributed by atoms with Crippen LogP contribution in [0.25, 0.3) is 0 Å². The minimum Gasteiger partial charge on any atom is -0.306 e. The average Bonchev–Trinajstić information content (AvgIpc) is 2.78. The maximum atomic E-state index is 12.2. The summed E-state index contributed by atoms with van der Waals surface area (Å²) in [4.78, 5) is 22.4. The Kier molecular flexibility index (Phi) is 4.00. The number of aryl methyl sites for hydroxylation is 1. The van der Waals surface area contributed by atoms with Gasteiger partial charge in [-0.25, -0.2) is 0 Å². The van der Waals surface area contributed by atoms with Crippen molar-refractivity contribution in [2.24, 2.45) is 7.05 Å². The van der Waals surface area contributed by atoms with Crippen molar-refractivity contribution in [3.05, 3.63) is 50.1 Å². The van der Waals surface area contributed by atoms with Gasteiger partial charge in [0.2, 0.25) is 0 Å². The van der Waals surface area contributed by atoms with Gasteiger partial charge in [-0.05, 0) is 6.07 Å². The zero-order chi connectivity index (χ0) is 15.6. The molecule has 0 atom stereocenters. The summed E-state index contributed by atoms with van der Waals surface area (Å²) in [6.45, 7) is 0. The van der Waals surface area contributed by atoms with Gasteiger partial charge >= 0.3 is 0 Å². The Balaban J connectivity index is 2.35. The maximum absolute atomic E-state index is 12.2. The molecular formula is C12H8BrN5O3. The second-order valence-electron chi connectivity index (χ2n) is 4.05. The minimum atomic E-state index is -0.591. The largest absolute Gasteiger partial charge is 0.306 e. The lowest BCUT2D eigenvalue weighted by molar-refractivity contribution is -0.384. The number of anilines is 1. The molecule has 1 N–H and O–H groups in total. The molecule has 0 aliphatic rings. The van der Waals surface area contributed by atoms with E-state index in [0.29, 0.717) is 4.47 Å². The quantitative estimate of drug-likeness (QED) is 0.673. The summed E-state index contributed by atoms with van der Waals surface area (Å²) in [5.74, 6) is -0.343. The summed E-state index contributed by atoms with van der Waals surface area (Å²) in [6.07, 6.45) is 1.32. The van der Waals surface area contributed by atoms with Crippen LogP contribution in [0.3, 0.4) is 0 Å². The number of nitrogens with zero attached hydrogens (tertiary/aromatic N) is 4. The summed E-state index contributed by atoms with van der Waals surface area (Å²) in [5, 5.41) is 26.1. The summed E-state index contributed by atoms with van der Waals surface area (Å²) < 4.78 is 1.75. The Morgan fingerprint density at radius 2 is 2.24 bits per heavy atom.